The van der Waals surface area contributed by atoms with E-state index in [0.717, 1.165) is 36.3 Å². The van der Waals surface area contributed by atoms with Gasteiger partial charge in [0.1, 0.15) is 5.82 Å². The van der Waals surface area contributed by atoms with E-state index >= 15 is 0 Å². The van der Waals surface area contributed by atoms with Crippen molar-refractivity contribution >= 4 is 23.4 Å². The lowest BCUT2D eigenvalue weighted by Gasteiger charge is -2.25. The van der Waals surface area contributed by atoms with E-state index in [2.05, 4.69) is 15.4 Å². The van der Waals surface area contributed by atoms with Gasteiger partial charge in [-0.05, 0) is 74.8 Å². The van der Waals surface area contributed by atoms with Crippen LogP contribution in [0.15, 0.2) is 53.8 Å². The molecule has 3 heterocycles. The number of hydrazone groups is 1. The molecule has 2 aromatic heterocycles. The molecule has 0 atom stereocenters. The number of carbonyl (C=O) groups is 2. The molecular weight excluding hydrogens is 407 g/mol. The Labute approximate surface area is 186 Å². The smallest absolute Gasteiger partial charge is 0.241 e. The fourth-order valence-electron chi connectivity index (χ4n) is 4.21. The number of ketones is 1. The normalized spacial score (nSPS) is 14.8. The monoisotopic (exact) mass is 434 g/mol. The lowest BCUT2D eigenvalue weighted by molar-refractivity contribution is -0.121. The Hall–Kier alpha value is -3.32. The third-order valence-corrected chi connectivity index (χ3v) is 5.94. The first kappa shape index (κ1) is 21.9. The van der Waals surface area contributed by atoms with Gasteiger partial charge in [-0.1, -0.05) is 12.5 Å². The van der Waals surface area contributed by atoms with Crippen LogP contribution in [0.1, 0.15) is 52.9 Å². The van der Waals surface area contributed by atoms with Crippen LogP contribution in [0.2, 0.25) is 0 Å². The molecule has 1 N–H and O–H groups in total. The minimum absolute atomic E-state index is 0.129. The average Bonchev–Trinajstić information content (AvgIpc) is 3.10. The lowest BCUT2D eigenvalue weighted by Crippen LogP contribution is -2.33. The maximum absolute atomic E-state index is 13.3. The van der Waals surface area contributed by atoms with E-state index in [1.165, 1.54) is 43.5 Å². The van der Waals surface area contributed by atoms with Gasteiger partial charge >= 0.3 is 0 Å². The third-order valence-electron chi connectivity index (χ3n) is 5.94. The molecule has 0 unspecified atom stereocenters. The van der Waals surface area contributed by atoms with Crippen molar-refractivity contribution in [2.24, 2.45) is 5.10 Å². The van der Waals surface area contributed by atoms with Gasteiger partial charge in [-0.25, -0.2) is 9.82 Å². The highest BCUT2D eigenvalue weighted by Crippen LogP contribution is 2.24. The molecule has 1 aliphatic rings. The van der Waals surface area contributed by atoms with Crippen molar-refractivity contribution in [1.82, 2.24) is 14.7 Å². The van der Waals surface area contributed by atoms with Crippen LogP contribution in [-0.2, 0) is 4.79 Å². The minimum Gasteiger partial charge on any atom is -0.313 e. The van der Waals surface area contributed by atoms with Gasteiger partial charge in [0.05, 0.1) is 17.4 Å². The fourth-order valence-corrected chi connectivity index (χ4v) is 4.21. The largest absolute Gasteiger partial charge is 0.313 e. The fraction of sp³-hybridized carbons (Fsp3) is 0.320. The molecule has 4 rings (SSSR count). The molecule has 0 aliphatic carbocycles. The van der Waals surface area contributed by atoms with E-state index in [9.17, 15) is 14.0 Å². The number of amides is 1. The van der Waals surface area contributed by atoms with E-state index in [-0.39, 0.29) is 17.5 Å². The van der Waals surface area contributed by atoms with Crippen LogP contribution in [0.4, 0.5) is 4.39 Å². The van der Waals surface area contributed by atoms with Crippen LogP contribution in [0, 0.1) is 12.7 Å². The summed E-state index contributed by atoms with van der Waals surface area (Å²) in [5.41, 5.74) is 5.82. The number of benzene rings is 1. The summed E-state index contributed by atoms with van der Waals surface area (Å²) in [6.45, 7) is 4.70. The lowest BCUT2D eigenvalue weighted by atomic mass is 10.0. The van der Waals surface area contributed by atoms with Crippen molar-refractivity contribution in [3.05, 3.63) is 76.9 Å². The molecule has 1 fully saturated rings. The summed E-state index contributed by atoms with van der Waals surface area (Å²) in [5, 5.41) is 4.16. The first-order valence-corrected chi connectivity index (χ1v) is 11.0. The van der Waals surface area contributed by atoms with E-state index < -0.39 is 0 Å². The molecule has 1 aromatic carbocycles. The molecular formula is C25H27FN4O2. The van der Waals surface area contributed by atoms with E-state index in [1.54, 1.807) is 10.6 Å². The quantitative estimate of drug-likeness (QED) is 0.348. The maximum Gasteiger partial charge on any atom is 0.241 e. The predicted octanol–water partition coefficient (Wildman–Crippen LogP) is 3.94. The zero-order chi connectivity index (χ0) is 22.5. The Bertz CT molecular complexity index is 1140. The molecule has 3 aromatic rings. The Kier molecular flexibility index (Phi) is 6.75. The van der Waals surface area contributed by atoms with Gasteiger partial charge in [-0.3, -0.25) is 9.59 Å². The summed E-state index contributed by atoms with van der Waals surface area (Å²) in [6.07, 6.45) is 7.46. The summed E-state index contributed by atoms with van der Waals surface area (Å²) in [5.74, 6) is -0.716. The minimum atomic E-state index is -0.387. The summed E-state index contributed by atoms with van der Waals surface area (Å²) in [6, 6.07) is 11.1. The molecule has 6 nitrogen and oxygen atoms in total. The first-order valence-electron chi connectivity index (χ1n) is 11.0. The average molecular weight is 435 g/mol. The standard InChI is InChI=1S/C25H27FN4O2/c1-18-21(17-27-28-23(31)12-16-29-13-4-2-5-14-29)22-7-3-6-15-30(22)24(18)25(32)19-8-10-20(26)11-9-19/h3,6-11,15,17H,2,4-5,12-14,16H2,1H3,(H,28,31)/b27-17+. The van der Waals surface area contributed by atoms with Gasteiger partial charge in [0.15, 0.2) is 0 Å². The molecule has 0 saturated carbocycles. The Morgan fingerprint density at radius 3 is 2.59 bits per heavy atom. The Morgan fingerprint density at radius 1 is 1.09 bits per heavy atom. The Balaban J connectivity index is 1.51. The molecule has 7 heteroatoms. The van der Waals surface area contributed by atoms with E-state index in [0.29, 0.717) is 17.7 Å². The van der Waals surface area contributed by atoms with Crippen molar-refractivity contribution in [3.63, 3.8) is 0 Å². The van der Waals surface area contributed by atoms with E-state index in [4.69, 9.17) is 0 Å². The topological polar surface area (TPSA) is 66.2 Å². The van der Waals surface area contributed by atoms with Crippen LogP contribution in [-0.4, -0.2) is 46.8 Å². The number of pyridine rings is 1. The molecule has 0 bridgehead atoms. The molecule has 1 amide bonds. The zero-order valence-corrected chi connectivity index (χ0v) is 18.2. The SMILES string of the molecule is Cc1c(/C=N/NC(=O)CCN2CCCCC2)c2ccccn2c1C(=O)c1ccc(F)cc1. The van der Waals surface area contributed by atoms with Gasteiger partial charge in [0.25, 0.3) is 0 Å². The highest BCUT2D eigenvalue weighted by molar-refractivity contribution is 6.11. The maximum atomic E-state index is 13.3. The second kappa shape index (κ2) is 9.87. The highest BCUT2D eigenvalue weighted by Gasteiger charge is 2.21. The number of rotatable bonds is 7. The summed E-state index contributed by atoms with van der Waals surface area (Å²) in [7, 11) is 0. The van der Waals surface area contributed by atoms with Crippen LogP contribution in [0.25, 0.3) is 5.52 Å². The number of hydrogen-bond acceptors (Lipinski definition) is 4. The van der Waals surface area contributed by atoms with Crippen LogP contribution in [0.3, 0.4) is 0 Å². The number of carbonyl (C=O) groups excluding carboxylic acids is 2. The highest BCUT2D eigenvalue weighted by atomic mass is 19.1. The number of hydrogen-bond donors (Lipinski definition) is 1. The molecule has 0 radical (unpaired) electrons. The second-order valence-electron chi connectivity index (χ2n) is 8.12. The molecule has 32 heavy (non-hydrogen) atoms. The zero-order valence-electron chi connectivity index (χ0n) is 18.2. The number of halogens is 1. The number of aromatic nitrogens is 1. The number of nitrogens with zero attached hydrogens (tertiary/aromatic N) is 3. The van der Waals surface area contributed by atoms with Crippen molar-refractivity contribution in [3.8, 4) is 0 Å². The van der Waals surface area contributed by atoms with Gasteiger partial charge < -0.3 is 9.30 Å². The molecule has 166 valence electrons. The van der Waals surface area contributed by atoms with Gasteiger partial charge in [-0.15, -0.1) is 0 Å². The molecule has 0 spiro atoms. The van der Waals surface area contributed by atoms with Crippen molar-refractivity contribution in [2.75, 3.05) is 19.6 Å². The number of fused-ring (bicyclic) bond motifs is 1. The number of nitrogens with one attached hydrogen (secondary N) is 1. The van der Waals surface area contributed by atoms with Gasteiger partial charge in [0, 0.05) is 30.3 Å². The molecule has 1 saturated heterocycles. The predicted molar refractivity (Wildman–Crippen MR) is 123 cm³/mol. The summed E-state index contributed by atoms with van der Waals surface area (Å²) in [4.78, 5) is 27.7. The Morgan fingerprint density at radius 2 is 1.84 bits per heavy atom. The van der Waals surface area contributed by atoms with Crippen LogP contribution >= 0.6 is 0 Å². The van der Waals surface area contributed by atoms with E-state index in [1.807, 2.05) is 31.3 Å². The summed E-state index contributed by atoms with van der Waals surface area (Å²) < 4.78 is 15.1. The van der Waals surface area contributed by atoms with Crippen molar-refractivity contribution in [2.45, 2.75) is 32.6 Å². The molecule has 1 aliphatic heterocycles. The third kappa shape index (κ3) is 4.78. The first-order chi connectivity index (χ1) is 15.5. The van der Waals surface area contributed by atoms with Gasteiger partial charge in [-0.2, -0.15) is 5.10 Å². The van der Waals surface area contributed by atoms with Crippen molar-refractivity contribution in [1.29, 1.82) is 0 Å². The number of piperidine rings is 1. The van der Waals surface area contributed by atoms with Crippen molar-refractivity contribution < 1.29 is 14.0 Å². The van der Waals surface area contributed by atoms with Crippen LogP contribution in [0.5, 0.6) is 0 Å². The number of likely N-dealkylation sites (tertiary alicyclic amines) is 1. The van der Waals surface area contributed by atoms with Crippen LogP contribution < -0.4 is 5.43 Å². The summed E-state index contributed by atoms with van der Waals surface area (Å²) >= 11 is 0. The van der Waals surface area contributed by atoms with Gasteiger partial charge in [0.2, 0.25) is 11.7 Å². The second-order valence-corrected chi connectivity index (χ2v) is 8.12.